The Morgan fingerprint density at radius 3 is 2.74 bits per heavy atom. The van der Waals surface area contributed by atoms with Gasteiger partial charge in [0.05, 0.1) is 5.56 Å². The molecule has 2 nitrogen and oxygen atoms in total. The number of hydrogen-bond donors (Lipinski definition) is 1. The molecule has 1 aliphatic heterocycles. The van der Waals surface area contributed by atoms with Crippen molar-refractivity contribution < 1.29 is 13.2 Å². The summed E-state index contributed by atoms with van der Waals surface area (Å²) >= 11 is 0. The molecule has 1 unspecified atom stereocenters. The van der Waals surface area contributed by atoms with E-state index in [4.69, 9.17) is 5.73 Å². The first kappa shape index (κ1) is 14.2. The lowest BCUT2D eigenvalue weighted by atomic mass is 10.0. The molecule has 2 rings (SSSR count). The smallest absolute Gasteiger partial charge is 0.399 e. The Bertz CT molecular complexity index is 443. The number of likely N-dealkylation sites (tertiary alicyclic amines) is 1. The number of nitrogens with zero attached hydrogens (tertiary/aromatic N) is 1. The van der Waals surface area contributed by atoms with Crippen LogP contribution in [0.4, 0.5) is 18.9 Å². The van der Waals surface area contributed by atoms with Gasteiger partial charge >= 0.3 is 6.18 Å². The van der Waals surface area contributed by atoms with Crippen LogP contribution in [0.3, 0.4) is 0 Å². The van der Waals surface area contributed by atoms with Crippen LogP contribution in [-0.2, 0) is 12.7 Å². The van der Waals surface area contributed by atoms with Gasteiger partial charge in [0.25, 0.3) is 0 Å². The zero-order chi connectivity index (χ0) is 14.0. The van der Waals surface area contributed by atoms with Crippen LogP contribution in [0.25, 0.3) is 0 Å². The van der Waals surface area contributed by atoms with Crippen molar-refractivity contribution in [2.75, 3.05) is 12.3 Å². The number of hydrogen-bond acceptors (Lipinski definition) is 2. The van der Waals surface area contributed by atoms with Crippen molar-refractivity contribution in [2.24, 2.45) is 0 Å². The van der Waals surface area contributed by atoms with Gasteiger partial charge in [0.2, 0.25) is 0 Å². The Morgan fingerprint density at radius 1 is 1.37 bits per heavy atom. The van der Waals surface area contributed by atoms with Gasteiger partial charge in [-0.15, -0.1) is 0 Å². The third-order valence-corrected chi connectivity index (χ3v) is 3.78. The van der Waals surface area contributed by atoms with E-state index >= 15 is 0 Å². The Kier molecular flexibility index (Phi) is 4.04. The van der Waals surface area contributed by atoms with E-state index in [1.54, 1.807) is 6.07 Å². The average molecular weight is 272 g/mol. The summed E-state index contributed by atoms with van der Waals surface area (Å²) in [6.45, 7) is 3.31. The maximum Gasteiger partial charge on any atom is 0.416 e. The average Bonchev–Trinajstić information content (AvgIpc) is 2.77. The van der Waals surface area contributed by atoms with Gasteiger partial charge in [0.1, 0.15) is 0 Å². The van der Waals surface area contributed by atoms with E-state index in [-0.39, 0.29) is 5.69 Å². The van der Waals surface area contributed by atoms with Crippen LogP contribution in [0.2, 0.25) is 0 Å². The molecule has 1 fully saturated rings. The summed E-state index contributed by atoms with van der Waals surface area (Å²) in [5.41, 5.74) is 5.35. The number of rotatable bonds is 3. The highest BCUT2D eigenvalue weighted by Crippen LogP contribution is 2.35. The molecule has 1 heterocycles. The standard InChI is InChI=1S/C14H19F3N2/c1-2-12-4-3-7-19(12)9-10-5-6-11(18)8-13(10)14(15,16)17/h5-6,8,12H,2-4,7,9,18H2,1H3. The fraction of sp³-hybridized carbons (Fsp3) is 0.571. The highest BCUT2D eigenvalue weighted by atomic mass is 19.4. The number of nitrogen functional groups attached to an aromatic ring is 1. The van der Waals surface area contributed by atoms with E-state index in [2.05, 4.69) is 11.8 Å². The van der Waals surface area contributed by atoms with Crippen molar-refractivity contribution in [1.29, 1.82) is 0 Å². The highest BCUT2D eigenvalue weighted by Gasteiger charge is 2.34. The van der Waals surface area contributed by atoms with Crippen molar-refractivity contribution >= 4 is 5.69 Å². The monoisotopic (exact) mass is 272 g/mol. The van der Waals surface area contributed by atoms with Gasteiger partial charge in [-0.05, 0) is 43.5 Å². The van der Waals surface area contributed by atoms with E-state index < -0.39 is 11.7 Å². The van der Waals surface area contributed by atoms with Crippen LogP contribution in [0.5, 0.6) is 0 Å². The van der Waals surface area contributed by atoms with Gasteiger partial charge < -0.3 is 5.73 Å². The fourth-order valence-electron chi connectivity index (χ4n) is 2.78. The molecule has 0 saturated carbocycles. The number of nitrogens with two attached hydrogens (primary N) is 1. The number of alkyl halides is 3. The summed E-state index contributed by atoms with van der Waals surface area (Å²) in [5, 5.41) is 0. The quantitative estimate of drug-likeness (QED) is 0.851. The Morgan fingerprint density at radius 2 is 2.11 bits per heavy atom. The summed E-state index contributed by atoms with van der Waals surface area (Å²) in [6.07, 6.45) is -1.22. The van der Waals surface area contributed by atoms with E-state index in [1.165, 1.54) is 6.07 Å². The van der Waals surface area contributed by atoms with Crippen molar-refractivity contribution in [3.05, 3.63) is 29.3 Å². The molecule has 0 spiro atoms. The van der Waals surface area contributed by atoms with Crippen molar-refractivity contribution in [3.8, 4) is 0 Å². The maximum absolute atomic E-state index is 13.0. The second-order valence-corrected chi connectivity index (χ2v) is 5.09. The summed E-state index contributed by atoms with van der Waals surface area (Å²) in [5.74, 6) is 0. The molecule has 0 aliphatic carbocycles. The van der Waals surface area contributed by atoms with Crippen LogP contribution < -0.4 is 5.73 Å². The minimum atomic E-state index is -4.34. The van der Waals surface area contributed by atoms with E-state index in [0.29, 0.717) is 18.2 Å². The van der Waals surface area contributed by atoms with Crippen LogP contribution in [0.1, 0.15) is 37.3 Å². The van der Waals surface area contributed by atoms with Crippen molar-refractivity contribution in [1.82, 2.24) is 4.90 Å². The molecule has 1 saturated heterocycles. The summed E-state index contributed by atoms with van der Waals surface area (Å²) in [4.78, 5) is 2.14. The molecule has 5 heteroatoms. The largest absolute Gasteiger partial charge is 0.416 e. The maximum atomic E-state index is 13.0. The van der Waals surface area contributed by atoms with Gasteiger partial charge in [0, 0.05) is 18.3 Å². The lowest BCUT2D eigenvalue weighted by Crippen LogP contribution is -2.29. The van der Waals surface area contributed by atoms with Crippen LogP contribution in [0, 0.1) is 0 Å². The summed E-state index contributed by atoms with van der Waals surface area (Å²) < 4.78 is 39.0. The van der Waals surface area contributed by atoms with Gasteiger partial charge in [0.15, 0.2) is 0 Å². The minimum absolute atomic E-state index is 0.157. The topological polar surface area (TPSA) is 29.3 Å². The minimum Gasteiger partial charge on any atom is -0.399 e. The molecule has 0 amide bonds. The third kappa shape index (κ3) is 3.21. The third-order valence-electron chi connectivity index (χ3n) is 3.78. The second kappa shape index (κ2) is 5.41. The molecule has 1 aromatic rings. The lowest BCUT2D eigenvalue weighted by molar-refractivity contribution is -0.138. The van der Waals surface area contributed by atoms with Gasteiger partial charge in [-0.3, -0.25) is 4.90 Å². The first-order chi connectivity index (χ1) is 8.91. The first-order valence-electron chi connectivity index (χ1n) is 6.61. The van der Waals surface area contributed by atoms with E-state index in [0.717, 1.165) is 31.9 Å². The predicted molar refractivity (Wildman–Crippen MR) is 69.6 cm³/mol. The molecule has 0 radical (unpaired) electrons. The molecule has 1 aromatic carbocycles. The molecular formula is C14H19F3N2. The van der Waals surface area contributed by atoms with Crippen molar-refractivity contribution in [2.45, 2.75) is 44.9 Å². The number of anilines is 1. The zero-order valence-corrected chi connectivity index (χ0v) is 11.0. The second-order valence-electron chi connectivity index (χ2n) is 5.09. The SMILES string of the molecule is CCC1CCCN1Cc1ccc(N)cc1C(F)(F)F. The molecular weight excluding hydrogens is 253 g/mol. The molecule has 0 bridgehead atoms. The van der Waals surface area contributed by atoms with Gasteiger partial charge in [-0.2, -0.15) is 13.2 Å². The van der Waals surface area contributed by atoms with Crippen LogP contribution in [-0.4, -0.2) is 17.5 Å². The normalized spacial score (nSPS) is 20.9. The first-order valence-corrected chi connectivity index (χ1v) is 6.61. The zero-order valence-electron chi connectivity index (χ0n) is 11.0. The fourth-order valence-corrected chi connectivity index (χ4v) is 2.78. The molecule has 2 N–H and O–H groups in total. The highest BCUT2D eigenvalue weighted by molar-refractivity contribution is 5.46. The van der Waals surface area contributed by atoms with Gasteiger partial charge in [-0.25, -0.2) is 0 Å². The summed E-state index contributed by atoms with van der Waals surface area (Å²) in [7, 11) is 0. The van der Waals surface area contributed by atoms with E-state index in [1.807, 2.05) is 0 Å². The number of benzene rings is 1. The summed E-state index contributed by atoms with van der Waals surface area (Å²) in [6, 6.07) is 4.48. The van der Waals surface area contributed by atoms with Crippen LogP contribution in [0.15, 0.2) is 18.2 Å². The van der Waals surface area contributed by atoms with Crippen LogP contribution >= 0.6 is 0 Å². The molecule has 1 aliphatic rings. The lowest BCUT2D eigenvalue weighted by Gasteiger charge is -2.25. The Hall–Kier alpha value is -1.23. The molecule has 1 atom stereocenters. The predicted octanol–water partition coefficient (Wildman–Crippen LogP) is 3.66. The number of halogens is 3. The molecule has 0 aromatic heterocycles. The van der Waals surface area contributed by atoms with Crippen molar-refractivity contribution in [3.63, 3.8) is 0 Å². The Balaban J connectivity index is 2.25. The Labute approximate surface area is 111 Å². The molecule has 106 valence electrons. The molecule has 19 heavy (non-hydrogen) atoms. The van der Waals surface area contributed by atoms with Gasteiger partial charge in [-0.1, -0.05) is 13.0 Å². The van der Waals surface area contributed by atoms with E-state index in [9.17, 15) is 13.2 Å².